The lowest BCUT2D eigenvalue weighted by Gasteiger charge is -2.36. The van der Waals surface area contributed by atoms with Crippen molar-refractivity contribution in [2.45, 2.75) is 129 Å². The molecule has 0 bridgehead atoms. The zero-order valence-electron chi connectivity index (χ0n) is 20.9. The Morgan fingerprint density at radius 1 is 0.938 bits per heavy atom. The first-order valence-electron chi connectivity index (χ1n) is 13.3. The summed E-state index contributed by atoms with van der Waals surface area (Å²) >= 11 is 0. The van der Waals surface area contributed by atoms with Crippen LogP contribution in [0.1, 0.15) is 123 Å². The minimum absolute atomic E-state index is 0.110. The molecule has 1 heterocycles. The highest BCUT2D eigenvalue weighted by molar-refractivity contribution is 5.81. The van der Waals surface area contributed by atoms with Crippen LogP contribution in [0.4, 0.5) is 0 Å². The van der Waals surface area contributed by atoms with Crippen LogP contribution in [0.3, 0.4) is 0 Å². The maximum atomic E-state index is 11.2. The van der Waals surface area contributed by atoms with Crippen LogP contribution in [0, 0.1) is 0 Å². The fourth-order valence-corrected chi connectivity index (χ4v) is 4.53. The third-order valence-corrected chi connectivity index (χ3v) is 6.58. The molecule has 0 amide bonds. The van der Waals surface area contributed by atoms with Gasteiger partial charge in [-0.3, -0.25) is 5.73 Å². The van der Waals surface area contributed by atoms with Gasteiger partial charge < -0.3 is 9.90 Å². The number of carboxylic acids is 1. The van der Waals surface area contributed by atoms with Crippen LogP contribution in [-0.4, -0.2) is 29.0 Å². The van der Waals surface area contributed by atoms with Crippen LogP contribution < -0.4 is 10.8 Å². The smallest absolute Gasteiger partial charge is 0.209 e. The second-order valence-electron chi connectivity index (χ2n) is 9.41. The fraction of sp³-hybridized carbons (Fsp3) is 0.778. The minimum atomic E-state index is -1.09. The standard InChI is InChI=1S/C27H49N3O2/c1-3-4-5-6-7-8-9-10-11-12-13-14-15-16-17-18-19-20-21-26-29-22-23-30(26,25(2)28)24-27(31)32/h4-5,22-23,25H,3,6-21,24,28H2,1-2H3/b5-4+. The quantitative estimate of drug-likeness (QED) is 0.134. The fourth-order valence-electron chi connectivity index (χ4n) is 4.53. The zero-order valence-corrected chi connectivity index (χ0v) is 20.9. The van der Waals surface area contributed by atoms with Gasteiger partial charge in [-0.1, -0.05) is 96.1 Å². The lowest BCUT2D eigenvalue weighted by molar-refractivity contribution is -0.808. The largest absolute Gasteiger partial charge is 0.544 e. The van der Waals surface area contributed by atoms with E-state index in [9.17, 15) is 9.90 Å². The molecule has 0 aromatic rings. The molecule has 2 atom stereocenters. The van der Waals surface area contributed by atoms with E-state index >= 15 is 0 Å². The highest BCUT2D eigenvalue weighted by Gasteiger charge is 2.38. The molecule has 0 radical (unpaired) electrons. The van der Waals surface area contributed by atoms with E-state index in [0.717, 1.165) is 31.5 Å². The summed E-state index contributed by atoms with van der Waals surface area (Å²) in [5, 5.41) is 11.2. The summed E-state index contributed by atoms with van der Waals surface area (Å²) < 4.78 is 0.110. The molecule has 1 rings (SSSR count). The average Bonchev–Trinajstić information content (AvgIpc) is 3.16. The number of carboxylic acid groups (broad SMARTS) is 1. The maximum Gasteiger partial charge on any atom is 0.209 e. The van der Waals surface area contributed by atoms with E-state index in [1.54, 1.807) is 12.4 Å². The van der Waals surface area contributed by atoms with E-state index in [1.807, 2.05) is 6.92 Å². The van der Waals surface area contributed by atoms with E-state index in [1.165, 1.54) is 83.5 Å². The summed E-state index contributed by atoms with van der Waals surface area (Å²) in [6.45, 7) is 3.89. The molecule has 0 aromatic carbocycles. The number of hydrogen-bond donors (Lipinski definition) is 1. The minimum Gasteiger partial charge on any atom is -0.544 e. The second kappa shape index (κ2) is 18.0. The Labute approximate surface area is 197 Å². The van der Waals surface area contributed by atoms with Crippen LogP contribution in [0.5, 0.6) is 0 Å². The lowest BCUT2D eigenvalue weighted by Crippen LogP contribution is -2.60. The van der Waals surface area contributed by atoms with E-state index in [2.05, 4.69) is 24.1 Å². The van der Waals surface area contributed by atoms with Gasteiger partial charge in [0.05, 0.1) is 12.2 Å². The van der Waals surface area contributed by atoms with E-state index in [-0.39, 0.29) is 17.2 Å². The molecule has 0 aliphatic carbocycles. The van der Waals surface area contributed by atoms with Crippen molar-refractivity contribution in [1.29, 1.82) is 0 Å². The van der Waals surface area contributed by atoms with E-state index < -0.39 is 5.97 Å². The summed E-state index contributed by atoms with van der Waals surface area (Å²) in [6.07, 6.45) is 29.5. The number of amidine groups is 1. The van der Waals surface area contributed by atoms with Crippen molar-refractivity contribution in [3.63, 3.8) is 0 Å². The molecule has 1 aliphatic heterocycles. The summed E-state index contributed by atoms with van der Waals surface area (Å²) in [5.74, 6) is -0.227. The van der Waals surface area contributed by atoms with E-state index in [4.69, 9.17) is 5.73 Å². The van der Waals surface area contributed by atoms with E-state index in [0.29, 0.717) is 0 Å². The summed E-state index contributed by atoms with van der Waals surface area (Å²) in [6, 6.07) is 0. The van der Waals surface area contributed by atoms with Crippen molar-refractivity contribution in [3.8, 4) is 0 Å². The summed E-state index contributed by atoms with van der Waals surface area (Å²) in [4.78, 5) is 15.6. The number of rotatable bonds is 21. The molecule has 5 heteroatoms. The highest BCUT2D eigenvalue weighted by atomic mass is 16.4. The van der Waals surface area contributed by atoms with Crippen LogP contribution in [0.15, 0.2) is 29.5 Å². The molecule has 0 spiro atoms. The molecule has 2 unspecified atom stereocenters. The third-order valence-electron chi connectivity index (χ3n) is 6.58. The molecule has 184 valence electrons. The number of aliphatic carboxylic acids is 1. The number of carbonyl (C=O) groups is 1. The number of aliphatic imine (C=N–C) groups is 1. The maximum absolute atomic E-state index is 11.2. The van der Waals surface area contributed by atoms with Gasteiger partial charge in [0.1, 0.15) is 18.9 Å². The van der Waals surface area contributed by atoms with Crippen molar-refractivity contribution in [2.24, 2.45) is 10.7 Å². The number of nitrogens with zero attached hydrogens (tertiary/aromatic N) is 2. The van der Waals surface area contributed by atoms with Gasteiger partial charge in [-0.15, -0.1) is 0 Å². The van der Waals surface area contributed by atoms with Gasteiger partial charge in [-0.2, -0.15) is 0 Å². The molecule has 1 aliphatic rings. The molecule has 2 N–H and O–H groups in total. The number of quaternary nitrogens is 1. The molecule has 32 heavy (non-hydrogen) atoms. The molecular weight excluding hydrogens is 398 g/mol. The highest BCUT2D eigenvalue weighted by Crippen LogP contribution is 2.23. The molecule has 0 fully saturated rings. The monoisotopic (exact) mass is 447 g/mol. The van der Waals surface area contributed by atoms with Gasteiger partial charge in [-0.05, 0) is 25.7 Å². The average molecular weight is 448 g/mol. The first-order valence-corrected chi connectivity index (χ1v) is 13.3. The Morgan fingerprint density at radius 2 is 1.44 bits per heavy atom. The summed E-state index contributed by atoms with van der Waals surface area (Å²) in [5.41, 5.74) is 6.09. The molecular formula is C27H49N3O2. The number of hydrogen-bond acceptors (Lipinski definition) is 4. The molecule has 0 saturated carbocycles. The number of unbranched alkanes of at least 4 members (excludes halogenated alkanes) is 14. The van der Waals surface area contributed by atoms with Gasteiger partial charge in [0.2, 0.25) is 5.84 Å². The van der Waals surface area contributed by atoms with Crippen molar-refractivity contribution in [3.05, 3.63) is 24.6 Å². The Hall–Kier alpha value is -1.46. The number of carbonyl (C=O) groups excluding carboxylic acids is 1. The zero-order chi connectivity index (χ0) is 23.5. The topological polar surface area (TPSA) is 78.5 Å². The normalized spacial score (nSPS) is 19.0. The van der Waals surface area contributed by atoms with Crippen LogP contribution in [0.25, 0.3) is 0 Å². The predicted octanol–water partition coefficient (Wildman–Crippen LogP) is 5.95. The van der Waals surface area contributed by atoms with Crippen molar-refractivity contribution >= 4 is 11.8 Å². The predicted molar refractivity (Wildman–Crippen MR) is 134 cm³/mol. The SMILES string of the molecule is CC/C=C/CCCCCCCCCCCCCCCCC1=NC=C[N+]1(CC(=O)[O-])C(C)N. The second-order valence-corrected chi connectivity index (χ2v) is 9.41. The Kier molecular flexibility index (Phi) is 16.1. The number of nitrogens with two attached hydrogens (primary N) is 1. The third kappa shape index (κ3) is 12.0. The first-order chi connectivity index (χ1) is 15.5. The Balaban J connectivity index is 1.93. The van der Waals surface area contributed by atoms with Crippen LogP contribution in [0.2, 0.25) is 0 Å². The van der Waals surface area contributed by atoms with Gasteiger partial charge >= 0.3 is 0 Å². The van der Waals surface area contributed by atoms with Gasteiger partial charge in [0, 0.05) is 13.3 Å². The van der Waals surface area contributed by atoms with Crippen molar-refractivity contribution < 1.29 is 14.4 Å². The summed E-state index contributed by atoms with van der Waals surface area (Å²) in [7, 11) is 0. The first kappa shape index (κ1) is 28.6. The van der Waals surface area contributed by atoms with Crippen molar-refractivity contribution in [1.82, 2.24) is 0 Å². The molecule has 5 nitrogen and oxygen atoms in total. The van der Waals surface area contributed by atoms with Crippen LogP contribution >= 0.6 is 0 Å². The van der Waals surface area contributed by atoms with Gasteiger partial charge in [-0.25, -0.2) is 9.48 Å². The van der Waals surface area contributed by atoms with Crippen LogP contribution in [-0.2, 0) is 4.79 Å². The van der Waals surface area contributed by atoms with Gasteiger partial charge in [0.15, 0.2) is 0 Å². The lowest BCUT2D eigenvalue weighted by atomic mass is 10.0. The molecule has 0 saturated heterocycles. The van der Waals surface area contributed by atoms with Gasteiger partial charge in [0.25, 0.3) is 0 Å². The van der Waals surface area contributed by atoms with Crippen molar-refractivity contribution in [2.75, 3.05) is 6.54 Å². The Morgan fingerprint density at radius 3 is 1.91 bits per heavy atom. The molecule has 0 aromatic heterocycles. The number of allylic oxidation sites excluding steroid dienone is 2. The Bertz CT molecular complexity index is 583.